The first-order valence-corrected chi connectivity index (χ1v) is 8.96. The maximum atomic E-state index is 12.0. The van der Waals surface area contributed by atoms with E-state index in [4.69, 9.17) is 5.26 Å². The van der Waals surface area contributed by atoms with Gasteiger partial charge < -0.3 is 5.32 Å². The average molecular weight is 319 g/mol. The van der Waals surface area contributed by atoms with Gasteiger partial charge in [0.25, 0.3) is 10.0 Å². The molecule has 0 aliphatic rings. The van der Waals surface area contributed by atoms with Crippen molar-refractivity contribution in [2.75, 3.05) is 18.6 Å². The van der Waals surface area contributed by atoms with E-state index < -0.39 is 22.0 Å². The van der Waals surface area contributed by atoms with Crippen molar-refractivity contribution in [3.05, 3.63) is 17.5 Å². The monoisotopic (exact) mass is 319 g/mol. The largest absolute Gasteiger partial charge is 0.342 e. The van der Waals surface area contributed by atoms with Crippen LogP contribution in [0.5, 0.6) is 0 Å². The first-order chi connectivity index (χ1) is 9.01. The zero-order valence-corrected chi connectivity index (χ0v) is 12.6. The Balaban J connectivity index is 2.79. The molecule has 1 aromatic rings. The molecule has 1 unspecified atom stereocenters. The van der Waals surface area contributed by atoms with Crippen LogP contribution in [0.2, 0.25) is 0 Å². The molecule has 104 valence electrons. The Hall–Kier alpha value is -1.08. The lowest BCUT2D eigenvalue weighted by Gasteiger charge is -2.16. The van der Waals surface area contributed by atoms with Crippen LogP contribution in [-0.2, 0) is 14.8 Å². The molecule has 0 spiro atoms. The maximum Gasteiger partial charge on any atom is 0.250 e. The number of carbonyl (C=O) groups excluding carboxylic acids is 1. The summed E-state index contributed by atoms with van der Waals surface area (Å²) < 4.78 is 26.5. The Morgan fingerprint density at radius 2 is 2.37 bits per heavy atom. The zero-order valence-electron chi connectivity index (χ0n) is 10.1. The van der Waals surface area contributed by atoms with Crippen LogP contribution in [0.4, 0.5) is 0 Å². The Kier molecular flexibility index (Phi) is 6.30. The summed E-state index contributed by atoms with van der Waals surface area (Å²) in [4.78, 5) is 11.7. The second-order valence-corrected chi connectivity index (χ2v) is 7.24. The van der Waals surface area contributed by atoms with Gasteiger partial charge in [0.2, 0.25) is 5.91 Å². The number of nitriles is 1. The molecule has 2 N–H and O–H groups in total. The zero-order chi connectivity index (χ0) is 14.3. The number of hydrogen-bond donors (Lipinski definition) is 2. The fourth-order valence-corrected chi connectivity index (χ4v) is 4.12. The smallest absolute Gasteiger partial charge is 0.250 e. The van der Waals surface area contributed by atoms with Crippen molar-refractivity contribution in [3.63, 3.8) is 0 Å². The third-order valence-electron chi connectivity index (χ3n) is 2.05. The molecule has 0 radical (unpaired) electrons. The summed E-state index contributed by atoms with van der Waals surface area (Å²) in [6, 6.07) is 3.97. The van der Waals surface area contributed by atoms with Gasteiger partial charge in [0.1, 0.15) is 16.8 Å². The van der Waals surface area contributed by atoms with Gasteiger partial charge in [-0.15, -0.1) is 11.3 Å². The second-order valence-electron chi connectivity index (χ2n) is 3.44. The van der Waals surface area contributed by atoms with Crippen LogP contribution < -0.4 is 10.0 Å². The maximum absolute atomic E-state index is 12.0. The molecule has 1 atom stereocenters. The molecule has 19 heavy (non-hydrogen) atoms. The number of hydrogen-bond acceptors (Lipinski definition) is 6. The predicted molar refractivity (Wildman–Crippen MR) is 75.4 cm³/mol. The Labute approximate surface area is 120 Å². The minimum atomic E-state index is -3.70. The average Bonchev–Trinajstić information content (AvgIpc) is 2.89. The van der Waals surface area contributed by atoms with Crippen molar-refractivity contribution in [2.24, 2.45) is 0 Å². The quantitative estimate of drug-likeness (QED) is 0.709. The molecule has 0 bridgehead atoms. The van der Waals surface area contributed by atoms with Crippen LogP contribution >= 0.6 is 23.1 Å². The van der Waals surface area contributed by atoms with Gasteiger partial charge in [0, 0.05) is 5.75 Å². The van der Waals surface area contributed by atoms with Gasteiger partial charge in [-0.05, 0) is 17.7 Å². The predicted octanol–water partition coefficient (Wildman–Crippen LogP) is 0.398. The van der Waals surface area contributed by atoms with Crippen molar-refractivity contribution in [1.82, 2.24) is 10.0 Å². The van der Waals surface area contributed by atoms with Gasteiger partial charge in [-0.2, -0.15) is 21.7 Å². The third-order valence-corrected chi connectivity index (χ3v) is 5.58. The number of nitrogens with one attached hydrogen (secondary N) is 2. The molecule has 1 rings (SSSR count). The normalized spacial score (nSPS) is 12.6. The molecular weight excluding hydrogens is 306 g/mol. The van der Waals surface area contributed by atoms with Crippen LogP contribution in [0, 0.1) is 11.3 Å². The number of sulfonamides is 1. The Morgan fingerprint density at radius 1 is 1.63 bits per heavy atom. The SMILES string of the molecule is CSCC(NS(=O)(=O)c1cccs1)C(=O)NCC#N. The highest BCUT2D eigenvalue weighted by molar-refractivity contribution is 7.98. The first kappa shape index (κ1) is 16.0. The number of carbonyl (C=O) groups is 1. The Bertz CT molecular complexity index is 548. The molecule has 0 aliphatic carbocycles. The van der Waals surface area contributed by atoms with E-state index in [9.17, 15) is 13.2 Å². The van der Waals surface area contributed by atoms with E-state index in [0.717, 1.165) is 11.3 Å². The molecule has 0 aromatic carbocycles. The second kappa shape index (κ2) is 7.49. The molecule has 6 nitrogen and oxygen atoms in total. The molecular formula is C10H13N3O3S3. The summed E-state index contributed by atoms with van der Waals surface area (Å²) in [5.74, 6) is -0.210. The molecule has 1 aromatic heterocycles. The summed E-state index contributed by atoms with van der Waals surface area (Å²) in [5, 5.41) is 12.4. The number of rotatable bonds is 7. The number of thiophene rings is 1. The molecule has 0 aliphatic heterocycles. The van der Waals surface area contributed by atoms with E-state index in [1.165, 1.54) is 17.8 Å². The summed E-state index contributed by atoms with van der Waals surface area (Å²) in [6.07, 6.45) is 1.77. The van der Waals surface area contributed by atoms with E-state index in [2.05, 4.69) is 10.0 Å². The molecule has 9 heteroatoms. The van der Waals surface area contributed by atoms with E-state index in [1.54, 1.807) is 23.8 Å². The molecule has 0 fully saturated rings. The number of amides is 1. The third kappa shape index (κ3) is 4.83. The lowest BCUT2D eigenvalue weighted by Crippen LogP contribution is -2.48. The standard InChI is InChI=1S/C10H13N3O3S3/c1-17-7-8(10(14)12-5-4-11)13-19(15,16)9-3-2-6-18-9/h2-3,6,8,13H,5,7H2,1H3,(H,12,14). The van der Waals surface area contributed by atoms with Crippen molar-refractivity contribution in [1.29, 1.82) is 5.26 Å². The molecule has 0 saturated carbocycles. The fraction of sp³-hybridized carbons (Fsp3) is 0.400. The number of thioether (sulfide) groups is 1. The van der Waals surface area contributed by atoms with Crippen LogP contribution in [-0.4, -0.2) is 38.9 Å². The highest BCUT2D eigenvalue weighted by atomic mass is 32.2. The van der Waals surface area contributed by atoms with Crippen LogP contribution in [0.25, 0.3) is 0 Å². The van der Waals surface area contributed by atoms with Gasteiger partial charge in [0.15, 0.2) is 0 Å². The first-order valence-electron chi connectivity index (χ1n) is 5.20. The number of nitrogens with zero attached hydrogens (tertiary/aromatic N) is 1. The van der Waals surface area contributed by atoms with E-state index in [0.29, 0.717) is 5.75 Å². The minimum absolute atomic E-state index is 0.148. The van der Waals surface area contributed by atoms with Gasteiger partial charge >= 0.3 is 0 Å². The van der Waals surface area contributed by atoms with Gasteiger partial charge in [-0.25, -0.2) is 8.42 Å². The Morgan fingerprint density at radius 3 is 2.89 bits per heavy atom. The van der Waals surface area contributed by atoms with E-state index in [-0.39, 0.29) is 10.8 Å². The highest BCUT2D eigenvalue weighted by Crippen LogP contribution is 2.16. The van der Waals surface area contributed by atoms with Crippen molar-refractivity contribution >= 4 is 39.0 Å². The molecule has 1 heterocycles. The van der Waals surface area contributed by atoms with Crippen molar-refractivity contribution in [2.45, 2.75) is 10.3 Å². The van der Waals surface area contributed by atoms with Crippen molar-refractivity contribution < 1.29 is 13.2 Å². The summed E-state index contributed by atoms with van der Waals surface area (Å²) >= 11 is 2.42. The highest BCUT2D eigenvalue weighted by Gasteiger charge is 2.25. The molecule has 1 amide bonds. The summed E-state index contributed by atoms with van der Waals surface area (Å²) in [6.45, 7) is -0.148. The van der Waals surface area contributed by atoms with Crippen LogP contribution in [0.1, 0.15) is 0 Å². The minimum Gasteiger partial charge on any atom is -0.342 e. The summed E-state index contributed by atoms with van der Waals surface area (Å²) in [7, 11) is -3.70. The summed E-state index contributed by atoms with van der Waals surface area (Å²) in [5.41, 5.74) is 0. The van der Waals surface area contributed by atoms with Gasteiger partial charge in [-0.1, -0.05) is 6.07 Å². The van der Waals surface area contributed by atoms with E-state index in [1.807, 2.05) is 0 Å². The van der Waals surface area contributed by atoms with Crippen molar-refractivity contribution in [3.8, 4) is 6.07 Å². The molecule has 0 saturated heterocycles. The van der Waals surface area contributed by atoms with Gasteiger partial charge in [0.05, 0.1) is 6.07 Å². The lowest BCUT2D eigenvalue weighted by atomic mass is 10.3. The van der Waals surface area contributed by atoms with Gasteiger partial charge in [-0.3, -0.25) is 4.79 Å². The van der Waals surface area contributed by atoms with Crippen LogP contribution in [0.15, 0.2) is 21.7 Å². The fourth-order valence-electron chi connectivity index (χ4n) is 1.24. The lowest BCUT2D eigenvalue weighted by molar-refractivity contribution is -0.121. The van der Waals surface area contributed by atoms with E-state index >= 15 is 0 Å². The topological polar surface area (TPSA) is 99.1 Å². The van der Waals surface area contributed by atoms with Crippen LogP contribution in [0.3, 0.4) is 0 Å².